The lowest BCUT2D eigenvalue weighted by Gasteiger charge is -2.16. The van der Waals surface area contributed by atoms with Crippen molar-refractivity contribution in [2.75, 3.05) is 26.8 Å². The zero-order chi connectivity index (χ0) is 22.4. The number of rotatable bonds is 7. The molecular weight excluding hydrogens is 400 g/mol. The van der Waals surface area contributed by atoms with Crippen LogP contribution in [0.2, 0.25) is 0 Å². The Balaban J connectivity index is 1.84. The largest absolute Gasteiger partial charge is 0.497 e. The summed E-state index contributed by atoms with van der Waals surface area (Å²) in [7, 11) is 1.52. The summed E-state index contributed by atoms with van der Waals surface area (Å²) < 4.78 is 9.92. The minimum Gasteiger partial charge on any atom is -0.497 e. The van der Waals surface area contributed by atoms with E-state index in [2.05, 4.69) is 5.32 Å². The van der Waals surface area contributed by atoms with Crippen LogP contribution in [0.5, 0.6) is 5.75 Å². The van der Waals surface area contributed by atoms with Gasteiger partial charge in [-0.3, -0.25) is 24.1 Å². The number of benzene rings is 2. The molecule has 1 fully saturated rings. The number of nitrogens with one attached hydrogen (secondary N) is 1. The first-order valence-corrected chi connectivity index (χ1v) is 9.94. The van der Waals surface area contributed by atoms with E-state index in [9.17, 15) is 19.2 Å². The third-order valence-corrected chi connectivity index (χ3v) is 5.12. The number of hydrogen-bond donors (Lipinski definition) is 1. The Morgan fingerprint density at radius 1 is 1.06 bits per heavy atom. The second-order valence-electron chi connectivity index (χ2n) is 7.00. The van der Waals surface area contributed by atoms with Gasteiger partial charge in [-0.25, -0.2) is 0 Å². The number of methoxy groups -OCH3 is 1. The Morgan fingerprint density at radius 3 is 2.35 bits per heavy atom. The lowest BCUT2D eigenvalue weighted by molar-refractivity contribution is -0.145. The van der Waals surface area contributed by atoms with Crippen molar-refractivity contribution in [2.24, 2.45) is 5.92 Å². The number of nitrogens with zero attached hydrogens (tertiary/aromatic N) is 1. The quantitative estimate of drug-likeness (QED) is 0.413. The van der Waals surface area contributed by atoms with Crippen molar-refractivity contribution in [2.45, 2.75) is 12.8 Å². The molecule has 0 spiro atoms. The maximum Gasteiger partial charge on any atom is 0.325 e. The van der Waals surface area contributed by atoms with Gasteiger partial charge in [-0.15, -0.1) is 0 Å². The van der Waals surface area contributed by atoms with Gasteiger partial charge in [0.25, 0.3) is 5.91 Å². The van der Waals surface area contributed by atoms with Gasteiger partial charge in [0.05, 0.1) is 13.7 Å². The number of amides is 3. The molecule has 0 saturated carbocycles. The third-order valence-electron chi connectivity index (χ3n) is 5.12. The summed E-state index contributed by atoms with van der Waals surface area (Å²) in [6.07, 6.45) is 0. The van der Waals surface area contributed by atoms with Gasteiger partial charge >= 0.3 is 5.97 Å². The highest BCUT2D eigenvalue weighted by Crippen LogP contribution is 2.35. The zero-order valence-corrected chi connectivity index (χ0v) is 17.4. The van der Waals surface area contributed by atoms with Crippen molar-refractivity contribution in [1.29, 1.82) is 0 Å². The Bertz CT molecular complexity index is 958. The first-order valence-electron chi connectivity index (χ1n) is 9.94. The molecule has 3 rings (SSSR count). The van der Waals surface area contributed by atoms with Crippen LogP contribution >= 0.6 is 0 Å². The molecule has 1 aliphatic heterocycles. The molecule has 0 aliphatic carbocycles. The minimum absolute atomic E-state index is 0.0607. The molecule has 2 unspecified atom stereocenters. The number of carbonyl (C=O) groups is 4. The first-order chi connectivity index (χ1) is 15.0. The van der Waals surface area contributed by atoms with E-state index in [1.807, 2.05) is 18.2 Å². The van der Waals surface area contributed by atoms with Crippen molar-refractivity contribution >= 4 is 23.7 Å². The minimum atomic E-state index is -1.13. The molecule has 1 saturated heterocycles. The van der Waals surface area contributed by atoms with Gasteiger partial charge in [-0.1, -0.05) is 30.3 Å². The standard InChI is InChI=1S/C23H24N2O6/c1-3-31-19(26)13-24-21(27)20-18(15-7-5-4-6-8-15)14-25(23(20)29)22(28)16-9-11-17(30-2)12-10-16/h4-12,18,20H,3,13-14H2,1-2H3,(H,24,27). The van der Waals surface area contributed by atoms with Gasteiger partial charge in [0.15, 0.2) is 0 Å². The lowest BCUT2D eigenvalue weighted by atomic mass is 9.88. The fraction of sp³-hybridized carbons (Fsp3) is 0.304. The summed E-state index contributed by atoms with van der Waals surface area (Å²) in [5.74, 6) is -3.37. The molecule has 2 aromatic carbocycles. The highest BCUT2D eigenvalue weighted by molar-refractivity contribution is 6.13. The molecule has 0 aromatic heterocycles. The predicted molar refractivity (Wildman–Crippen MR) is 111 cm³/mol. The van der Waals surface area contributed by atoms with E-state index >= 15 is 0 Å². The van der Waals surface area contributed by atoms with E-state index in [-0.39, 0.29) is 19.7 Å². The summed E-state index contributed by atoms with van der Waals surface area (Å²) in [5.41, 5.74) is 1.07. The number of hydrogen-bond acceptors (Lipinski definition) is 6. The Hall–Kier alpha value is -3.68. The molecule has 0 radical (unpaired) electrons. The Morgan fingerprint density at radius 2 is 1.74 bits per heavy atom. The van der Waals surface area contributed by atoms with Crippen LogP contribution in [0.1, 0.15) is 28.8 Å². The third kappa shape index (κ3) is 4.91. The molecule has 2 aromatic rings. The summed E-state index contributed by atoms with van der Waals surface area (Å²) in [4.78, 5) is 51.7. The highest BCUT2D eigenvalue weighted by atomic mass is 16.5. The molecular formula is C23H24N2O6. The van der Waals surface area contributed by atoms with Crippen LogP contribution in [-0.4, -0.2) is 55.4 Å². The van der Waals surface area contributed by atoms with Gasteiger partial charge in [0.2, 0.25) is 11.8 Å². The van der Waals surface area contributed by atoms with Crippen LogP contribution in [0.25, 0.3) is 0 Å². The van der Waals surface area contributed by atoms with Crippen molar-refractivity contribution in [3.8, 4) is 5.75 Å². The number of ether oxygens (including phenoxy) is 2. The van der Waals surface area contributed by atoms with E-state index < -0.39 is 35.5 Å². The van der Waals surface area contributed by atoms with Crippen LogP contribution in [0.4, 0.5) is 0 Å². The van der Waals surface area contributed by atoms with E-state index in [1.54, 1.807) is 43.3 Å². The number of imide groups is 1. The average Bonchev–Trinajstić information content (AvgIpc) is 3.15. The van der Waals surface area contributed by atoms with Crippen LogP contribution in [0.3, 0.4) is 0 Å². The number of esters is 1. The molecule has 3 amide bonds. The Labute approximate surface area is 180 Å². The van der Waals surface area contributed by atoms with E-state index in [0.717, 1.165) is 10.5 Å². The van der Waals surface area contributed by atoms with Gasteiger partial charge in [-0.05, 0) is 36.8 Å². The van der Waals surface area contributed by atoms with Crippen LogP contribution in [-0.2, 0) is 19.1 Å². The van der Waals surface area contributed by atoms with Gasteiger partial charge in [-0.2, -0.15) is 0 Å². The maximum atomic E-state index is 13.1. The van der Waals surface area contributed by atoms with E-state index in [1.165, 1.54) is 7.11 Å². The molecule has 1 heterocycles. The van der Waals surface area contributed by atoms with Crippen molar-refractivity contribution in [3.05, 3.63) is 65.7 Å². The fourth-order valence-electron chi connectivity index (χ4n) is 3.58. The second-order valence-corrected chi connectivity index (χ2v) is 7.00. The maximum absolute atomic E-state index is 13.1. The topological polar surface area (TPSA) is 102 Å². The Kier molecular flexibility index (Phi) is 7.02. The van der Waals surface area contributed by atoms with Gasteiger partial charge < -0.3 is 14.8 Å². The molecule has 8 heteroatoms. The zero-order valence-electron chi connectivity index (χ0n) is 17.4. The monoisotopic (exact) mass is 424 g/mol. The average molecular weight is 424 g/mol. The van der Waals surface area contributed by atoms with E-state index in [0.29, 0.717) is 11.3 Å². The fourth-order valence-corrected chi connectivity index (χ4v) is 3.58. The molecule has 1 N–H and O–H groups in total. The molecule has 162 valence electrons. The summed E-state index contributed by atoms with van der Waals surface area (Å²) >= 11 is 0. The van der Waals surface area contributed by atoms with Crippen molar-refractivity contribution in [1.82, 2.24) is 10.2 Å². The normalized spacial score (nSPS) is 17.9. The smallest absolute Gasteiger partial charge is 0.325 e. The SMILES string of the molecule is CCOC(=O)CNC(=O)C1C(=O)N(C(=O)c2ccc(OC)cc2)CC1c1ccccc1. The molecule has 8 nitrogen and oxygen atoms in total. The van der Waals surface area contributed by atoms with Crippen molar-refractivity contribution < 1.29 is 28.7 Å². The lowest BCUT2D eigenvalue weighted by Crippen LogP contribution is -2.41. The summed E-state index contributed by atoms with van der Waals surface area (Å²) in [5, 5.41) is 2.46. The highest BCUT2D eigenvalue weighted by Gasteiger charge is 2.48. The van der Waals surface area contributed by atoms with Crippen LogP contribution in [0, 0.1) is 5.92 Å². The first kappa shape index (κ1) is 22.0. The molecule has 31 heavy (non-hydrogen) atoms. The summed E-state index contributed by atoms with van der Waals surface area (Å²) in [6, 6.07) is 15.5. The second kappa shape index (κ2) is 9.88. The number of likely N-dealkylation sites (tertiary alicyclic amines) is 1. The molecule has 2 atom stereocenters. The predicted octanol–water partition coefficient (Wildman–Crippen LogP) is 1.76. The van der Waals surface area contributed by atoms with E-state index in [4.69, 9.17) is 9.47 Å². The molecule has 1 aliphatic rings. The van der Waals surface area contributed by atoms with Crippen molar-refractivity contribution in [3.63, 3.8) is 0 Å². The molecule has 0 bridgehead atoms. The van der Waals surface area contributed by atoms with Gasteiger partial charge in [0.1, 0.15) is 18.2 Å². The number of carbonyl (C=O) groups excluding carboxylic acids is 4. The van der Waals surface area contributed by atoms with Crippen LogP contribution < -0.4 is 10.1 Å². The summed E-state index contributed by atoms with van der Waals surface area (Å²) in [6.45, 7) is 1.57. The van der Waals surface area contributed by atoms with Crippen LogP contribution in [0.15, 0.2) is 54.6 Å². The van der Waals surface area contributed by atoms with Gasteiger partial charge in [0, 0.05) is 18.0 Å².